The van der Waals surface area contributed by atoms with Crippen LogP contribution in [0.5, 0.6) is 0 Å². The molecule has 0 amide bonds. The molecular weight excluding hydrogens is 280 g/mol. The van der Waals surface area contributed by atoms with E-state index >= 15 is 0 Å². The second kappa shape index (κ2) is 18.4. The van der Waals surface area contributed by atoms with Crippen molar-refractivity contribution >= 4 is 0 Å². The van der Waals surface area contributed by atoms with Crippen LogP contribution in [0.4, 0.5) is 0 Å². The van der Waals surface area contributed by atoms with Gasteiger partial charge in [-0.1, -0.05) is 45.4 Å². The van der Waals surface area contributed by atoms with E-state index in [4.69, 9.17) is 0 Å². The normalized spacial score (nSPS) is 8.70. The summed E-state index contributed by atoms with van der Waals surface area (Å²) in [4.78, 5) is 0. The molecule has 1 aromatic rings. The minimum absolute atomic E-state index is 0. The van der Waals surface area contributed by atoms with E-state index in [0.29, 0.717) is 0 Å². The molecule has 6 N–H and O–H groups in total. The van der Waals surface area contributed by atoms with Gasteiger partial charge in [0.1, 0.15) is 12.4 Å². The molecule has 0 aliphatic carbocycles. The number of hydrogen-bond acceptors (Lipinski definition) is 0. The molecule has 1 aromatic heterocycles. The van der Waals surface area contributed by atoms with Crippen molar-refractivity contribution < 1.29 is 33.4 Å². The highest BCUT2D eigenvalue weighted by molar-refractivity contribution is 4.65. The van der Waals surface area contributed by atoms with Crippen LogP contribution in [0.15, 0.2) is 18.7 Å². The Kier molecular flexibility index (Phi) is 25.4. The summed E-state index contributed by atoms with van der Waals surface area (Å²) in [5.74, 6) is 0. The number of imidazole rings is 1. The molecule has 124 valence electrons. The molecular formula is C14H33ClN2O3. The van der Waals surface area contributed by atoms with E-state index < -0.39 is 0 Å². The van der Waals surface area contributed by atoms with Gasteiger partial charge in [-0.3, -0.25) is 0 Å². The maximum Gasteiger partial charge on any atom is 0.243 e. The largest absolute Gasteiger partial charge is 1.00 e. The van der Waals surface area contributed by atoms with Crippen LogP contribution in [0.3, 0.4) is 0 Å². The first-order chi connectivity index (χ1) is 7.83. The van der Waals surface area contributed by atoms with Crippen LogP contribution >= 0.6 is 0 Å². The summed E-state index contributed by atoms with van der Waals surface area (Å²) in [5, 5.41) is 0. The van der Waals surface area contributed by atoms with Gasteiger partial charge in [-0.15, -0.1) is 0 Å². The Morgan fingerprint density at radius 1 is 0.850 bits per heavy atom. The Morgan fingerprint density at radius 3 is 1.80 bits per heavy atom. The molecule has 0 saturated heterocycles. The second-order valence-corrected chi connectivity index (χ2v) is 4.79. The van der Waals surface area contributed by atoms with Gasteiger partial charge in [-0.2, -0.15) is 0 Å². The number of hydrogen-bond donors (Lipinski definition) is 0. The minimum Gasteiger partial charge on any atom is -1.00 e. The van der Waals surface area contributed by atoms with Crippen LogP contribution < -0.4 is 17.0 Å². The highest BCUT2D eigenvalue weighted by atomic mass is 35.5. The molecule has 20 heavy (non-hydrogen) atoms. The average Bonchev–Trinajstić information content (AvgIpc) is 2.68. The van der Waals surface area contributed by atoms with Crippen LogP contribution in [-0.4, -0.2) is 21.0 Å². The summed E-state index contributed by atoms with van der Waals surface area (Å²) in [6.45, 7) is 3.45. The first kappa shape index (κ1) is 27.7. The second-order valence-electron chi connectivity index (χ2n) is 4.79. The lowest BCUT2D eigenvalue weighted by Gasteiger charge is -2.00. The number of aryl methyl sites for hydroxylation is 2. The van der Waals surface area contributed by atoms with E-state index in [1.54, 1.807) is 0 Å². The average molecular weight is 313 g/mol. The van der Waals surface area contributed by atoms with Gasteiger partial charge in [-0.05, 0) is 12.8 Å². The summed E-state index contributed by atoms with van der Waals surface area (Å²) >= 11 is 0. The molecule has 1 rings (SSSR count). The summed E-state index contributed by atoms with van der Waals surface area (Å²) in [6.07, 6.45) is 17.6. The zero-order valence-corrected chi connectivity index (χ0v) is 13.6. The van der Waals surface area contributed by atoms with Crippen LogP contribution in [-0.2, 0) is 13.6 Å². The van der Waals surface area contributed by atoms with Gasteiger partial charge in [-0.25, -0.2) is 9.13 Å². The van der Waals surface area contributed by atoms with Crippen molar-refractivity contribution in [3.63, 3.8) is 0 Å². The van der Waals surface area contributed by atoms with Gasteiger partial charge in [0.05, 0.1) is 13.6 Å². The van der Waals surface area contributed by atoms with Gasteiger partial charge in [0.25, 0.3) is 0 Å². The molecule has 6 heteroatoms. The van der Waals surface area contributed by atoms with E-state index in [9.17, 15) is 0 Å². The molecule has 0 fully saturated rings. The molecule has 0 aliphatic rings. The maximum atomic E-state index is 2.27. The maximum absolute atomic E-state index is 2.27. The van der Waals surface area contributed by atoms with Gasteiger partial charge in [0.2, 0.25) is 6.33 Å². The van der Waals surface area contributed by atoms with E-state index in [1.807, 2.05) is 0 Å². The fourth-order valence-corrected chi connectivity index (χ4v) is 2.06. The smallest absolute Gasteiger partial charge is 0.243 e. The number of rotatable bonds is 9. The first-order valence-electron chi connectivity index (χ1n) is 6.84. The lowest BCUT2D eigenvalue weighted by atomic mass is 10.1. The van der Waals surface area contributed by atoms with E-state index in [-0.39, 0.29) is 28.8 Å². The third-order valence-electron chi connectivity index (χ3n) is 3.09. The van der Waals surface area contributed by atoms with Crippen molar-refractivity contribution in [2.45, 2.75) is 64.8 Å². The van der Waals surface area contributed by atoms with Crippen LogP contribution in [0, 0.1) is 0 Å². The molecule has 0 spiro atoms. The molecule has 5 nitrogen and oxygen atoms in total. The topological polar surface area (TPSA) is 103 Å². The lowest BCUT2D eigenvalue weighted by Crippen LogP contribution is -3.00. The third-order valence-corrected chi connectivity index (χ3v) is 3.09. The Morgan fingerprint density at radius 2 is 1.35 bits per heavy atom. The summed E-state index contributed by atoms with van der Waals surface area (Å²) < 4.78 is 4.38. The highest BCUT2D eigenvalue weighted by Crippen LogP contribution is 2.08. The highest BCUT2D eigenvalue weighted by Gasteiger charge is 1.98. The fraction of sp³-hybridized carbons (Fsp3) is 0.786. The van der Waals surface area contributed by atoms with Crippen LogP contribution in [0.25, 0.3) is 0 Å². The van der Waals surface area contributed by atoms with Gasteiger partial charge >= 0.3 is 0 Å². The molecule has 0 unspecified atom stereocenters. The van der Waals surface area contributed by atoms with E-state index in [1.165, 1.54) is 57.9 Å². The zero-order chi connectivity index (χ0) is 11.6. The molecule has 0 bridgehead atoms. The SMILES string of the molecule is CCCCCCCCCCn1cc[n+](C)c1.O.O.O.[Cl-]. The van der Waals surface area contributed by atoms with E-state index in [0.717, 1.165) is 0 Å². The first-order valence-corrected chi connectivity index (χ1v) is 6.84. The van der Waals surface area contributed by atoms with Crippen molar-refractivity contribution in [2.24, 2.45) is 7.05 Å². The van der Waals surface area contributed by atoms with E-state index in [2.05, 4.69) is 41.8 Å². The van der Waals surface area contributed by atoms with Gasteiger partial charge in [0.15, 0.2) is 0 Å². The Bertz CT molecular complexity index is 283. The van der Waals surface area contributed by atoms with Crippen molar-refractivity contribution in [1.29, 1.82) is 0 Å². The Hall–Kier alpha value is -0.620. The summed E-state index contributed by atoms with van der Waals surface area (Å²) in [6, 6.07) is 0. The predicted molar refractivity (Wildman–Crippen MR) is 79.1 cm³/mol. The fourth-order valence-electron chi connectivity index (χ4n) is 2.06. The quantitative estimate of drug-likeness (QED) is 0.371. The van der Waals surface area contributed by atoms with Crippen molar-refractivity contribution in [3.05, 3.63) is 18.7 Å². The number of halogens is 1. The molecule has 0 radical (unpaired) electrons. The number of nitrogens with zero attached hydrogens (tertiary/aromatic N) is 2. The summed E-state index contributed by atoms with van der Waals surface area (Å²) in [5.41, 5.74) is 0. The van der Waals surface area contributed by atoms with Crippen LogP contribution in [0.2, 0.25) is 0 Å². The van der Waals surface area contributed by atoms with Crippen molar-refractivity contribution in [2.75, 3.05) is 0 Å². The molecule has 0 aliphatic heterocycles. The Labute approximate surface area is 129 Å². The van der Waals surface area contributed by atoms with Crippen LogP contribution in [0.1, 0.15) is 58.3 Å². The summed E-state index contributed by atoms with van der Waals surface area (Å²) in [7, 11) is 2.07. The third kappa shape index (κ3) is 13.8. The number of aromatic nitrogens is 2. The monoisotopic (exact) mass is 312 g/mol. The lowest BCUT2D eigenvalue weighted by molar-refractivity contribution is -0.671. The molecule has 1 heterocycles. The van der Waals surface area contributed by atoms with Crippen molar-refractivity contribution in [3.8, 4) is 0 Å². The predicted octanol–water partition coefficient (Wildman–Crippen LogP) is -2.02. The number of unbranched alkanes of at least 4 members (excludes halogenated alkanes) is 7. The minimum atomic E-state index is 0. The van der Waals surface area contributed by atoms with Gasteiger partial charge in [0, 0.05) is 0 Å². The molecule has 0 aromatic carbocycles. The van der Waals surface area contributed by atoms with Gasteiger partial charge < -0.3 is 28.8 Å². The molecule has 0 atom stereocenters. The Balaban J connectivity index is -0.000000320. The van der Waals surface area contributed by atoms with Crippen molar-refractivity contribution in [1.82, 2.24) is 4.57 Å². The molecule has 0 saturated carbocycles. The zero-order valence-electron chi connectivity index (χ0n) is 12.9. The standard InChI is InChI=1S/C14H27N2.ClH.3H2O/c1-3-4-5-6-7-8-9-10-11-16-13-12-15(2)14-16;;;;/h12-14H,3-11H2,1-2H3;1H;3*1H2/q+1;;;;/p-1.